The fourth-order valence-electron chi connectivity index (χ4n) is 2.91. The number of nitrogens with zero attached hydrogens (tertiary/aromatic N) is 2. The van der Waals surface area contributed by atoms with Crippen molar-refractivity contribution < 1.29 is 4.39 Å². The Bertz CT molecular complexity index is 451. The summed E-state index contributed by atoms with van der Waals surface area (Å²) in [5.74, 6) is 5.49. The number of rotatable bonds is 5. The van der Waals surface area contributed by atoms with Gasteiger partial charge in [0, 0.05) is 36.2 Å². The van der Waals surface area contributed by atoms with Gasteiger partial charge in [0.25, 0.3) is 0 Å². The molecule has 0 spiro atoms. The van der Waals surface area contributed by atoms with Crippen LogP contribution in [0.2, 0.25) is 0 Å². The van der Waals surface area contributed by atoms with Gasteiger partial charge in [-0.2, -0.15) is 0 Å². The van der Waals surface area contributed by atoms with E-state index in [0.29, 0.717) is 6.04 Å². The molecule has 1 aromatic rings. The molecule has 1 saturated heterocycles. The molecule has 0 amide bonds. The molecule has 1 aromatic carbocycles. The van der Waals surface area contributed by atoms with E-state index in [0.717, 1.165) is 42.5 Å². The number of piperazine rings is 1. The maximum atomic E-state index is 13.5. The van der Waals surface area contributed by atoms with Crippen LogP contribution in [0.4, 0.5) is 4.39 Å². The predicted octanol–water partition coefficient (Wildman–Crippen LogP) is 1.60. The van der Waals surface area contributed by atoms with Crippen LogP contribution in [-0.4, -0.2) is 55.6 Å². The summed E-state index contributed by atoms with van der Waals surface area (Å²) in [6.07, 6.45) is 1.67. The number of hydrogen-bond acceptors (Lipinski definition) is 4. The largest absolute Gasteiger partial charge is 0.304 e. The lowest BCUT2D eigenvalue weighted by atomic mass is 9.98. The van der Waals surface area contributed by atoms with Crippen molar-refractivity contribution in [3.05, 3.63) is 34.1 Å². The molecule has 21 heavy (non-hydrogen) atoms. The van der Waals surface area contributed by atoms with Gasteiger partial charge in [0.15, 0.2) is 0 Å². The summed E-state index contributed by atoms with van der Waals surface area (Å²) in [6, 6.07) is 5.60. The van der Waals surface area contributed by atoms with Gasteiger partial charge < -0.3 is 9.80 Å². The van der Waals surface area contributed by atoms with Crippen molar-refractivity contribution in [1.29, 1.82) is 0 Å². The summed E-state index contributed by atoms with van der Waals surface area (Å²) in [7, 11) is 4.30. The van der Waals surface area contributed by atoms with Crippen LogP contribution in [0.3, 0.4) is 0 Å². The van der Waals surface area contributed by atoms with Gasteiger partial charge in [-0.25, -0.2) is 4.39 Å². The van der Waals surface area contributed by atoms with Crippen LogP contribution in [0, 0.1) is 5.82 Å². The van der Waals surface area contributed by atoms with E-state index in [9.17, 15) is 4.39 Å². The van der Waals surface area contributed by atoms with Gasteiger partial charge in [-0.05, 0) is 50.7 Å². The third-order valence-corrected chi connectivity index (χ3v) is 4.63. The third kappa shape index (κ3) is 5.00. The van der Waals surface area contributed by atoms with Gasteiger partial charge in [0.1, 0.15) is 5.82 Å². The van der Waals surface area contributed by atoms with Crippen LogP contribution >= 0.6 is 15.9 Å². The van der Waals surface area contributed by atoms with Crippen LogP contribution in [0.25, 0.3) is 0 Å². The minimum Gasteiger partial charge on any atom is -0.304 e. The van der Waals surface area contributed by atoms with Crippen molar-refractivity contribution >= 4 is 15.9 Å². The quantitative estimate of drug-likeness (QED) is 0.619. The molecule has 0 aliphatic carbocycles. The highest BCUT2D eigenvalue weighted by Gasteiger charge is 2.25. The Morgan fingerprint density at radius 3 is 2.81 bits per heavy atom. The van der Waals surface area contributed by atoms with Crippen molar-refractivity contribution in [1.82, 2.24) is 15.2 Å². The molecule has 0 radical (unpaired) electrons. The highest BCUT2D eigenvalue weighted by atomic mass is 79.9. The number of nitrogens with two attached hydrogens (primary N) is 1. The number of halogens is 2. The minimum absolute atomic E-state index is 0.137. The molecule has 2 rings (SSSR count). The van der Waals surface area contributed by atoms with Gasteiger partial charge in [-0.15, -0.1) is 0 Å². The SMILES string of the molecule is CN1CCN(C)C(CC(Cc2cc(F)cc(Br)c2)NN)C1. The van der Waals surface area contributed by atoms with Gasteiger partial charge in [-0.1, -0.05) is 15.9 Å². The Morgan fingerprint density at radius 2 is 2.14 bits per heavy atom. The molecule has 1 heterocycles. The average Bonchev–Trinajstić information content (AvgIpc) is 2.41. The zero-order valence-corrected chi connectivity index (χ0v) is 14.2. The van der Waals surface area contributed by atoms with Crippen LogP contribution in [0.15, 0.2) is 22.7 Å². The molecule has 4 nitrogen and oxygen atoms in total. The Morgan fingerprint density at radius 1 is 1.38 bits per heavy atom. The van der Waals surface area contributed by atoms with E-state index < -0.39 is 0 Å². The van der Waals surface area contributed by atoms with E-state index in [2.05, 4.69) is 45.3 Å². The van der Waals surface area contributed by atoms with Crippen LogP contribution in [0.5, 0.6) is 0 Å². The minimum atomic E-state index is -0.218. The molecule has 6 heteroatoms. The summed E-state index contributed by atoms with van der Waals surface area (Å²) < 4.78 is 14.2. The summed E-state index contributed by atoms with van der Waals surface area (Å²) in [5, 5.41) is 0. The molecule has 2 unspecified atom stereocenters. The predicted molar refractivity (Wildman–Crippen MR) is 87.4 cm³/mol. The van der Waals surface area contributed by atoms with E-state index in [4.69, 9.17) is 5.84 Å². The van der Waals surface area contributed by atoms with Crippen molar-refractivity contribution in [3.63, 3.8) is 0 Å². The molecule has 1 aliphatic heterocycles. The second-order valence-electron chi connectivity index (χ2n) is 5.98. The molecule has 1 aliphatic rings. The lowest BCUT2D eigenvalue weighted by molar-refractivity contribution is 0.101. The van der Waals surface area contributed by atoms with E-state index in [-0.39, 0.29) is 11.9 Å². The number of hydrogen-bond donors (Lipinski definition) is 2. The lowest BCUT2D eigenvalue weighted by Crippen LogP contribution is -2.53. The Kier molecular flexibility index (Phi) is 6.13. The molecule has 0 aromatic heterocycles. The lowest BCUT2D eigenvalue weighted by Gasteiger charge is -2.39. The van der Waals surface area contributed by atoms with Crippen LogP contribution in [-0.2, 0) is 6.42 Å². The average molecular weight is 359 g/mol. The summed E-state index contributed by atoms with van der Waals surface area (Å²) in [5.41, 5.74) is 3.84. The summed E-state index contributed by atoms with van der Waals surface area (Å²) in [4.78, 5) is 4.73. The molecular formula is C15H24BrFN4. The van der Waals surface area contributed by atoms with E-state index in [1.54, 1.807) is 6.07 Å². The molecule has 3 N–H and O–H groups in total. The Labute approximate surface area is 134 Å². The molecule has 118 valence electrons. The fraction of sp³-hybridized carbons (Fsp3) is 0.600. The highest BCUT2D eigenvalue weighted by Crippen LogP contribution is 2.18. The Balaban J connectivity index is 1.99. The first-order valence-electron chi connectivity index (χ1n) is 7.28. The van der Waals surface area contributed by atoms with Gasteiger partial charge >= 0.3 is 0 Å². The Hall–Kier alpha value is -0.530. The molecular weight excluding hydrogens is 335 g/mol. The fourth-order valence-corrected chi connectivity index (χ4v) is 3.42. The maximum Gasteiger partial charge on any atom is 0.124 e. The van der Waals surface area contributed by atoms with E-state index in [1.807, 2.05) is 6.07 Å². The number of benzene rings is 1. The summed E-state index contributed by atoms with van der Waals surface area (Å²) >= 11 is 3.33. The van der Waals surface area contributed by atoms with Crippen molar-refractivity contribution in [2.24, 2.45) is 5.84 Å². The van der Waals surface area contributed by atoms with Gasteiger partial charge in [-0.3, -0.25) is 11.3 Å². The number of likely N-dealkylation sites (N-methyl/N-ethyl adjacent to an activating group) is 2. The molecule has 1 fully saturated rings. The molecule has 0 bridgehead atoms. The van der Waals surface area contributed by atoms with Gasteiger partial charge in [0.05, 0.1) is 0 Å². The van der Waals surface area contributed by atoms with Crippen LogP contribution in [0.1, 0.15) is 12.0 Å². The highest BCUT2D eigenvalue weighted by molar-refractivity contribution is 9.10. The molecule has 0 saturated carbocycles. The second-order valence-corrected chi connectivity index (χ2v) is 6.89. The van der Waals surface area contributed by atoms with Crippen LogP contribution < -0.4 is 11.3 Å². The number of nitrogens with one attached hydrogen (secondary N) is 1. The smallest absolute Gasteiger partial charge is 0.124 e. The zero-order chi connectivity index (χ0) is 15.4. The second kappa shape index (κ2) is 7.65. The monoisotopic (exact) mass is 358 g/mol. The molecule has 2 atom stereocenters. The van der Waals surface area contributed by atoms with Gasteiger partial charge in [0.2, 0.25) is 0 Å². The van der Waals surface area contributed by atoms with Crippen molar-refractivity contribution in [2.75, 3.05) is 33.7 Å². The van der Waals surface area contributed by atoms with Crippen molar-refractivity contribution in [3.8, 4) is 0 Å². The third-order valence-electron chi connectivity index (χ3n) is 4.18. The van der Waals surface area contributed by atoms with E-state index >= 15 is 0 Å². The zero-order valence-electron chi connectivity index (χ0n) is 12.6. The standard InChI is InChI=1S/C15H24BrFN4/c1-20-3-4-21(2)15(10-20)9-14(19-18)7-11-5-12(16)8-13(17)6-11/h5-6,8,14-15,19H,3-4,7,9-10,18H2,1-2H3. The van der Waals surface area contributed by atoms with Crippen molar-refractivity contribution in [2.45, 2.75) is 24.9 Å². The normalized spacial score (nSPS) is 22.4. The number of hydrazine groups is 1. The topological polar surface area (TPSA) is 44.5 Å². The first-order chi connectivity index (χ1) is 9.97. The van der Waals surface area contributed by atoms with E-state index in [1.165, 1.54) is 6.07 Å². The first kappa shape index (κ1) is 16.8. The maximum absolute atomic E-state index is 13.5. The summed E-state index contributed by atoms with van der Waals surface area (Å²) in [6.45, 7) is 3.22. The first-order valence-corrected chi connectivity index (χ1v) is 8.07.